The number of ether oxygens (including phenoxy) is 2. The molecule has 2 heterocycles. The number of nitrogens with zero attached hydrogens (tertiary/aromatic N) is 3. The molecule has 2 rings (SSSR count). The van der Waals surface area contributed by atoms with Gasteiger partial charge in [0, 0.05) is 13.1 Å². The highest BCUT2D eigenvalue weighted by atomic mass is 35.5. The lowest BCUT2D eigenvalue weighted by atomic mass is 10.1. The second kappa shape index (κ2) is 7.01. The zero-order chi connectivity index (χ0) is 18.1. The van der Waals surface area contributed by atoms with Gasteiger partial charge in [0.15, 0.2) is 11.8 Å². The van der Waals surface area contributed by atoms with Crippen LogP contribution >= 0.6 is 11.6 Å². The molecule has 1 aromatic heterocycles. The Labute approximate surface area is 146 Å². The maximum Gasteiger partial charge on any atom is 0.410 e. The molecule has 0 N–H and O–H groups in total. The highest BCUT2D eigenvalue weighted by molar-refractivity contribution is 6.17. The molecular weight excluding hydrogens is 334 g/mol. The van der Waals surface area contributed by atoms with Gasteiger partial charge in [-0.2, -0.15) is 0 Å². The SMILES string of the molecule is CC(C)c1nc2n(c1C(=O)OCCl)CCN(C(=O)OC(C)(C)C)C2. The molecule has 1 aliphatic heterocycles. The van der Waals surface area contributed by atoms with Crippen LogP contribution in [-0.2, 0) is 22.6 Å². The van der Waals surface area contributed by atoms with Crippen LogP contribution < -0.4 is 0 Å². The van der Waals surface area contributed by atoms with Crippen LogP contribution in [0.25, 0.3) is 0 Å². The van der Waals surface area contributed by atoms with Gasteiger partial charge in [-0.25, -0.2) is 14.6 Å². The number of rotatable bonds is 3. The number of carbonyl (C=O) groups is 2. The molecule has 0 saturated heterocycles. The second-order valence-electron chi connectivity index (χ2n) is 7.01. The minimum Gasteiger partial charge on any atom is -0.445 e. The Morgan fingerprint density at radius 1 is 1.29 bits per heavy atom. The number of halogens is 1. The zero-order valence-corrected chi connectivity index (χ0v) is 15.5. The number of fused-ring (bicyclic) bond motifs is 1. The van der Waals surface area contributed by atoms with Crippen LogP contribution in [0.2, 0.25) is 0 Å². The van der Waals surface area contributed by atoms with Crippen molar-refractivity contribution < 1.29 is 19.1 Å². The first-order chi connectivity index (χ1) is 11.1. The molecule has 0 radical (unpaired) electrons. The van der Waals surface area contributed by atoms with Crippen molar-refractivity contribution in [1.82, 2.24) is 14.5 Å². The van der Waals surface area contributed by atoms with E-state index in [9.17, 15) is 9.59 Å². The van der Waals surface area contributed by atoms with E-state index < -0.39 is 11.6 Å². The lowest BCUT2D eigenvalue weighted by molar-refractivity contribution is 0.0194. The van der Waals surface area contributed by atoms with Gasteiger partial charge < -0.3 is 14.0 Å². The number of amides is 1. The summed E-state index contributed by atoms with van der Waals surface area (Å²) in [5, 5.41) is 0. The third-order valence-electron chi connectivity index (χ3n) is 3.58. The van der Waals surface area contributed by atoms with Crippen LogP contribution in [0.1, 0.15) is 62.5 Å². The van der Waals surface area contributed by atoms with Crippen molar-refractivity contribution >= 4 is 23.7 Å². The van der Waals surface area contributed by atoms with Crippen LogP contribution in [0.5, 0.6) is 0 Å². The minimum absolute atomic E-state index is 0.0518. The highest BCUT2D eigenvalue weighted by Gasteiger charge is 2.32. The molecule has 0 atom stereocenters. The third kappa shape index (κ3) is 4.01. The zero-order valence-electron chi connectivity index (χ0n) is 14.8. The van der Waals surface area contributed by atoms with Gasteiger partial charge in [0.05, 0.1) is 12.2 Å². The third-order valence-corrected chi connectivity index (χ3v) is 3.69. The lowest BCUT2D eigenvalue weighted by Crippen LogP contribution is -2.42. The first-order valence-corrected chi connectivity index (χ1v) is 8.47. The topological polar surface area (TPSA) is 73.7 Å². The van der Waals surface area contributed by atoms with E-state index in [-0.39, 0.29) is 18.1 Å². The van der Waals surface area contributed by atoms with Crippen molar-refractivity contribution in [2.45, 2.75) is 59.2 Å². The molecule has 0 spiro atoms. The van der Waals surface area contributed by atoms with E-state index in [1.54, 1.807) is 4.90 Å². The van der Waals surface area contributed by atoms with E-state index in [2.05, 4.69) is 4.98 Å². The summed E-state index contributed by atoms with van der Waals surface area (Å²) >= 11 is 5.51. The Balaban J connectivity index is 2.28. The van der Waals surface area contributed by atoms with E-state index in [0.717, 1.165) is 0 Å². The van der Waals surface area contributed by atoms with E-state index >= 15 is 0 Å². The van der Waals surface area contributed by atoms with Crippen LogP contribution in [-0.4, -0.2) is 44.7 Å². The molecule has 0 saturated carbocycles. The van der Waals surface area contributed by atoms with E-state index in [1.165, 1.54) is 0 Å². The number of imidazole rings is 1. The van der Waals surface area contributed by atoms with Gasteiger partial charge in [-0.15, -0.1) is 0 Å². The van der Waals surface area contributed by atoms with Crippen LogP contribution in [0.15, 0.2) is 0 Å². The average molecular weight is 358 g/mol. The number of aromatic nitrogens is 2. The van der Waals surface area contributed by atoms with Gasteiger partial charge in [-0.1, -0.05) is 25.4 Å². The average Bonchev–Trinajstić information content (AvgIpc) is 2.84. The quantitative estimate of drug-likeness (QED) is 0.613. The largest absolute Gasteiger partial charge is 0.445 e. The molecule has 0 aromatic carbocycles. The van der Waals surface area contributed by atoms with Gasteiger partial charge in [0.25, 0.3) is 0 Å². The van der Waals surface area contributed by atoms with Crippen molar-refractivity contribution in [2.24, 2.45) is 0 Å². The van der Waals surface area contributed by atoms with Crippen molar-refractivity contribution in [3.8, 4) is 0 Å². The van der Waals surface area contributed by atoms with Crippen LogP contribution in [0.3, 0.4) is 0 Å². The maximum absolute atomic E-state index is 12.2. The number of esters is 1. The Morgan fingerprint density at radius 3 is 2.50 bits per heavy atom. The molecule has 7 nitrogen and oxygen atoms in total. The smallest absolute Gasteiger partial charge is 0.410 e. The van der Waals surface area contributed by atoms with Crippen molar-refractivity contribution in [3.05, 3.63) is 17.2 Å². The summed E-state index contributed by atoms with van der Waals surface area (Å²) in [4.78, 5) is 30.6. The monoisotopic (exact) mass is 357 g/mol. The van der Waals surface area contributed by atoms with Gasteiger partial charge in [-0.05, 0) is 26.7 Å². The molecule has 1 amide bonds. The number of hydrogen-bond donors (Lipinski definition) is 0. The Morgan fingerprint density at radius 2 is 1.96 bits per heavy atom. The summed E-state index contributed by atoms with van der Waals surface area (Å²) in [6, 6.07) is -0.207. The van der Waals surface area contributed by atoms with E-state index in [1.807, 2.05) is 39.2 Å². The molecule has 8 heteroatoms. The number of hydrogen-bond acceptors (Lipinski definition) is 5. The molecule has 24 heavy (non-hydrogen) atoms. The first kappa shape index (κ1) is 18.6. The summed E-state index contributed by atoms with van der Waals surface area (Å²) in [5.74, 6) is 0.214. The maximum atomic E-state index is 12.2. The summed E-state index contributed by atoms with van der Waals surface area (Å²) in [5.41, 5.74) is 0.526. The second-order valence-corrected chi connectivity index (χ2v) is 7.23. The lowest BCUT2D eigenvalue weighted by Gasteiger charge is -2.30. The Kier molecular flexibility index (Phi) is 5.42. The Bertz CT molecular complexity index is 634. The fourth-order valence-electron chi connectivity index (χ4n) is 2.57. The van der Waals surface area contributed by atoms with Crippen LogP contribution in [0, 0.1) is 0 Å². The van der Waals surface area contributed by atoms with E-state index in [0.29, 0.717) is 36.8 Å². The predicted molar refractivity (Wildman–Crippen MR) is 89.1 cm³/mol. The highest BCUT2D eigenvalue weighted by Crippen LogP contribution is 2.25. The standard InChI is InChI=1S/C16H24ClN3O4/c1-10(2)12-13(14(21)23-9-17)20-7-6-19(8-11(20)18-12)15(22)24-16(3,4)5/h10H,6-9H2,1-5H3. The molecule has 0 aliphatic carbocycles. The fourth-order valence-corrected chi connectivity index (χ4v) is 2.67. The predicted octanol–water partition coefficient (Wildman–Crippen LogP) is 3.11. The van der Waals surface area contributed by atoms with Crippen molar-refractivity contribution in [1.29, 1.82) is 0 Å². The van der Waals surface area contributed by atoms with Crippen molar-refractivity contribution in [3.63, 3.8) is 0 Å². The normalized spacial score (nSPS) is 14.5. The molecule has 1 aromatic rings. The molecule has 1 aliphatic rings. The Hall–Kier alpha value is -1.76. The molecule has 0 bridgehead atoms. The number of carbonyl (C=O) groups excluding carboxylic acids is 2. The molecular formula is C16H24ClN3O4. The van der Waals surface area contributed by atoms with Gasteiger partial charge in [-0.3, -0.25) is 4.90 Å². The first-order valence-electron chi connectivity index (χ1n) is 7.94. The molecule has 0 unspecified atom stereocenters. The van der Waals surface area contributed by atoms with Gasteiger partial charge in [0.2, 0.25) is 0 Å². The minimum atomic E-state index is -0.553. The fraction of sp³-hybridized carbons (Fsp3) is 0.688. The van der Waals surface area contributed by atoms with Crippen LogP contribution in [0.4, 0.5) is 4.79 Å². The van der Waals surface area contributed by atoms with E-state index in [4.69, 9.17) is 21.1 Å². The van der Waals surface area contributed by atoms with Gasteiger partial charge >= 0.3 is 12.1 Å². The molecule has 134 valence electrons. The summed E-state index contributed by atoms with van der Waals surface area (Å²) in [6.45, 7) is 10.6. The summed E-state index contributed by atoms with van der Waals surface area (Å²) in [7, 11) is 0. The molecule has 0 fully saturated rings. The van der Waals surface area contributed by atoms with Gasteiger partial charge in [0.1, 0.15) is 11.4 Å². The summed E-state index contributed by atoms with van der Waals surface area (Å²) in [6.07, 6.45) is -0.382. The summed E-state index contributed by atoms with van der Waals surface area (Å²) < 4.78 is 12.2. The number of alkyl halides is 1. The van der Waals surface area contributed by atoms with Crippen molar-refractivity contribution in [2.75, 3.05) is 12.6 Å².